The Kier molecular flexibility index (Phi) is 8.01. The second kappa shape index (κ2) is 11.0. The van der Waals surface area contributed by atoms with Gasteiger partial charge in [-0.3, -0.25) is 9.48 Å². The topological polar surface area (TPSA) is 86.6 Å². The molecular formula is C30H36F2N4O4. The fraction of sp³-hybridized carbons (Fsp3) is 0.467. The van der Waals surface area contributed by atoms with E-state index in [0.29, 0.717) is 47.8 Å². The van der Waals surface area contributed by atoms with Crippen molar-refractivity contribution in [1.82, 2.24) is 19.7 Å². The lowest BCUT2D eigenvalue weighted by Crippen LogP contribution is -2.37. The quantitative estimate of drug-likeness (QED) is 0.308. The van der Waals surface area contributed by atoms with Crippen molar-refractivity contribution in [3.63, 3.8) is 0 Å². The number of amides is 2. The van der Waals surface area contributed by atoms with Crippen LogP contribution in [0.4, 0.5) is 13.6 Å². The number of hydrogen-bond donors (Lipinski definition) is 0. The van der Waals surface area contributed by atoms with E-state index in [1.54, 1.807) is 31.5 Å². The Morgan fingerprint density at radius 1 is 1.10 bits per heavy atom. The molecule has 4 rings (SSSR count). The summed E-state index contributed by atoms with van der Waals surface area (Å²) in [7, 11) is 1.44. The van der Waals surface area contributed by atoms with E-state index in [-0.39, 0.29) is 23.7 Å². The minimum Gasteiger partial charge on any atom is -0.481 e. The van der Waals surface area contributed by atoms with Gasteiger partial charge in [0, 0.05) is 35.2 Å². The van der Waals surface area contributed by atoms with E-state index in [0.717, 1.165) is 4.90 Å². The highest BCUT2D eigenvalue weighted by Crippen LogP contribution is 2.42. The average Bonchev–Trinajstić information content (AvgIpc) is 3.49. The number of methoxy groups -OCH3 is 1. The van der Waals surface area contributed by atoms with Crippen molar-refractivity contribution in [2.24, 2.45) is 0 Å². The normalized spacial score (nSPS) is 15.4. The number of nitrogens with zero attached hydrogens (tertiary/aromatic N) is 4. The number of allylic oxidation sites excluding steroid dienone is 1. The molecule has 2 aromatic heterocycles. The van der Waals surface area contributed by atoms with Crippen LogP contribution < -0.4 is 4.74 Å². The van der Waals surface area contributed by atoms with Crippen LogP contribution in [-0.2, 0) is 21.5 Å². The van der Waals surface area contributed by atoms with Crippen LogP contribution in [0.3, 0.4) is 0 Å². The number of pyridine rings is 1. The van der Waals surface area contributed by atoms with Crippen LogP contribution in [0.25, 0.3) is 22.2 Å². The number of rotatable bonds is 7. The standard InChI is InChI=1S/C30H36F2N4O4/c1-8-30(9-2,16-18-11-12-35(27(18)37)28(38)40-29(4,5)6)21-15-23(32)25(34-26(21)39-7)19-13-22(31)20-17-33-36(10-3)24(20)14-19/h13-17H,8-12H2,1-7H3. The number of halogens is 2. The highest BCUT2D eigenvalue weighted by atomic mass is 19.1. The second-order valence-corrected chi connectivity index (χ2v) is 10.9. The van der Waals surface area contributed by atoms with Crippen molar-refractivity contribution in [2.75, 3.05) is 13.7 Å². The zero-order valence-corrected chi connectivity index (χ0v) is 24.1. The predicted molar refractivity (Wildman–Crippen MR) is 148 cm³/mol. The van der Waals surface area contributed by atoms with Gasteiger partial charge in [-0.25, -0.2) is 23.5 Å². The van der Waals surface area contributed by atoms with Gasteiger partial charge in [0.2, 0.25) is 5.88 Å². The van der Waals surface area contributed by atoms with Crippen molar-refractivity contribution in [2.45, 2.75) is 78.4 Å². The first-order chi connectivity index (χ1) is 18.9. The van der Waals surface area contributed by atoms with Crippen LogP contribution >= 0.6 is 0 Å². The van der Waals surface area contributed by atoms with Gasteiger partial charge in [0.1, 0.15) is 22.9 Å². The molecule has 0 aliphatic carbocycles. The lowest BCUT2D eigenvalue weighted by atomic mass is 9.74. The van der Waals surface area contributed by atoms with Gasteiger partial charge in [-0.05, 0) is 65.2 Å². The Morgan fingerprint density at radius 3 is 2.40 bits per heavy atom. The van der Waals surface area contributed by atoms with Crippen molar-refractivity contribution in [3.05, 3.63) is 53.2 Å². The minimum absolute atomic E-state index is 0.0490. The number of ether oxygens (including phenoxy) is 2. The van der Waals surface area contributed by atoms with Crippen molar-refractivity contribution >= 4 is 22.9 Å². The Bertz CT molecular complexity index is 1490. The lowest BCUT2D eigenvalue weighted by molar-refractivity contribution is -0.124. The second-order valence-electron chi connectivity index (χ2n) is 10.9. The number of imide groups is 1. The third-order valence-corrected chi connectivity index (χ3v) is 7.41. The summed E-state index contributed by atoms with van der Waals surface area (Å²) in [6.45, 7) is 11.7. The highest BCUT2D eigenvalue weighted by Gasteiger charge is 2.38. The largest absolute Gasteiger partial charge is 0.481 e. The SMILES string of the molecule is CCn1ncc2c(F)cc(-c3nc(OC)c(C(C=C4CCN(C(=O)OC(C)(C)C)C4=O)(CC)CC)cc3F)cc21. The van der Waals surface area contributed by atoms with E-state index >= 15 is 4.39 Å². The van der Waals surface area contributed by atoms with Crippen LogP contribution in [0, 0.1) is 11.6 Å². The number of aryl methyl sites for hydroxylation is 1. The maximum atomic E-state index is 15.8. The van der Waals surface area contributed by atoms with Gasteiger partial charge >= 0.3 is 6.09 Å². The van der Waals surface area contributed by atoms with Crippen molar-refractivity contribution < 1.29 is 27.8 Å². The fourth-order valence-corrected chi connectivity index (χ4v) is 5.20. The van der Waals surface area contributed by atoms with E-state index in [1.807, 2.05) is 26.8 Å². The molecule has 2 amide bonds. The van der Waals surface area contributed by atoms with Gasteiger partial charge < -0.3 is 9.47 Å². The van der Waals surface area contributed by atoms with Crippen LogP contribution in [0.15, 0.2) is 36.0 Å². The molecule has 3 aromatic rings. The molecule has 1 aromatic carbocycles. The summed E-state index contributed by atoms with van der Waals surface area (Å²) >= 11 is 0. The zero-order valence-electron chi connectivity index (χ0n) is 24.1. The molecule has 40 heavy (non-hydrogen) atoms. The summed E-state index contributed by atoms with van der Waals surface area (Å²) in [4.78, 5) is 31.4. The summed E-state index contributed by atoms with van der Waals surface area (Å²) in [6.07, 6.45) is 3.94. The van der Waals surface area contributed by atoms with E-state index < -0.39 is 34.7 Å². The number of benzene rings is 1. The van der Waals surface area contributed by atoms with E-state index in [4.69, 9.17) is 9.47 Å². The summed E-state index contributed by atoms with van der Waals surface area (Å²) in [5.74, 6) is -1.42. The van der Waals surface area contributed by atoms with Gasteiger partial charge in [0.05, 0.1) is 24.2 Å². The van der Waals surface area contributed by atoms with Crippen molar-refractivity contribution in [1.29, 1.82) is 0 Å². The van der Waals surface area contributed by atoms with Gasteiger partial charge in [0.25, 0.3) is 5.91 Å². The molecular weight excluding hydrogens is 518 g/mol. The van der Waals surface area contributed by atoms with Crippen LogP contribution in [0.2, 0.25) is 0 Å². The zero-order chi connectivity index (χ0) is 29.4. The molecule has 0 atom stereocenters. The van der Waals surface area contributed by atoms with Gasteiger partial charge in [-0.1, -0.05) is 19.9 Å². The van der Waals surface area contributed by atoms with Crippen LogP contribution in [0.5, 0.6) is 5.88 Å². The summed E-state index contributed by atoms with van der Waals surface area (Å²) < 4.78 is 43.4. The fourth-order valence-electron chi connectivity index (χ4n) is 5.20. The maximum absolute atomic E-state index is 15.8. The lowest BCUT2D eigenvalue weighted by Gasteiger charge is -2.31. The van der Waals surface area contributed by atoms with Crippen LogP contribution in [0.1, 0.15) is 66.4 Å². The molecule has 0 radical (unpaired) electrons. The number of hydrogen-bond acceptors (Lipinski definition) is 6. The number of aromatic nitrogens is 3. The third-order valence-electron chi connectivity index (χ3n) is 7.41. The number of likely N-dealkylation sites (tertiary alicyclic amines) is 1. The van der Waals surface area contributed by atoms with E-state index in [2.05, 4.69) is 10.1 Å². The first-order valence-corrected chi connectivity index (χ1v) is 13.5. The molecule has 0 N–H and O–H groups in total. The predicted octanol–water partition coefficient (Wildman–Crippen LogP) is 6.56. The molecule has 0 bridgehead atoms. The molecule has 0 unspecified atom stereocenters. The Labute approximate surface area is 233 Å². The Morgan fingerprint density at radius 2 is 1.80 bits per heavy atom. The Balaban J connectivity index is 1.77. The highest BCUT2D eigenvalue weighted by molar-refractivity contribution is 6.04. The molecule has 3 heterocycles. The summed E-state index contributed by atoms with van der Waals surface area (Å²) in [6, 6.07) is 4.26. The molecule has 214 valence electrons. The molecule has 0 spiro atoms. The monoisotopic (exact) mass is 554 g/mol. The summed E-state index contributed by atoms with van der Waals surface area (Å²) in [5, 5.41) is 4.54. The van der Waals surface area contributed by atoms with Crippen molar-refractivity contribution in [3.8, 4) is 17.1 Å². The van der Waals surface area contributed by atoms with Gasteiger partial charge in [0.15, 0.2) is 0 Å². The maximum Gasteiger partial charge on any atom is 0.417 e. The van der Waals surface area contributed by atoms with Gasteiger partial charge in [-0.15, -0.1) is 0 Å². The molecule has 8 nitrogen and oxygen atoms in total. The van der Waals surface area contributed by atoms with E-state index in [9.17, 15) is 14.0 Å². The van der Waals surface area contributed by atoms with Gasteiger partial charge in [-0.2, -0.15) is 5.10 Å². The first kappa shape index (κ1) is 29.2. The minimum atomic E-state index is -0.803. The molecule has 1 aliphatic heterocycles. The van der Waals surface area contributed by atoms with Crippen LogP contribution in [-0.4, -0.2) is 50.9 Å². The molecule has 1 aliphatic rings. The first-order valence-electron chi connectivity index (χ1n) is 13.5. The summed E-state index contributed by atoms with van der Waals surface area (Å²) in [5.41, 5.74) is 0.131. The molecule has 10 heteroatoms. The Hall–Kier alpha value is -3.82. The number of carbonyl (C=O) groups excluding carboxylic acids is 2. The molecule has 1 saturated heterocycles. The number of fused-ring (bicyclic) bond motifs is 1. The third kappa shape index (κ3) is 5.31. The smallest absolute Gasteiger partial charge is 0.417 e. The van der Waals surface area contributed by atoms with E-state index in [1.165, 1.54) is 25.4 Å². The molecule has 0 saturated carbocycles. The molecule has 1 fully saturated rings. The number of carbonyl (C=O) groups is 2. The average molecular weight is 555 g/mol.